The molecule has 0 spiro atoms. The molecule has 2 aliphatic rings. The first-order valence-corrected chi connectivity index (χ1v) is 13.3. The SMILES string of the molecule is COC(=O)NCCOC(c1cccc(Cl)c1F)[C@@H]1CCCN(C(=O)N[C@@H]2CNCC[C@H]2CC(C)C)C1. The zero-order valence-corrected chi connectivity index (χ0v) is 22.3. The van der Waals surface area contributed by atoms with E-state index in [9.17, 15) is 9.59 Å². The molecule has 0 bridgehead atoms. The van der Waals surface area contributed by atoms with Crippen LogP contribution >= 0.6 is 11.6 Å². The minimum atomic E-state index is -0.608. The van der Waals surface area contributed by atoms with Crippen LogP contribution in [0.1, 0.15) is 51.2 Å². The Bertz CT molecular complexity index is 874. The van der Waals surface area contributed by atoms with Crippen molar-refractivity contribution >= 4 is 23.7 Å². The molecule has 0 radical (unpaired) electrons. The van der Waals surface area contributed by atoms with Gasteiger partial charge in [0.25, 0.3) is 0 Å². The highest BCUT2D eigenvalue weighted by Crippen LogP contribution is 2.36. The number of carbonyl (C=O) groups is 2. The molecule has 1 unspecified atom stereocenters. The highest BCUT2D eigenvalue weighted by molar-refractivity contribution is 6.30. The number of nitrogens with one attached hydrogen (secondary N) is 3. The molecular weight excluding hydrogens is 487 g/mol. The number of ether oxygens (including phenoxy) is 2. The van der Waals surface area contributed by atoms with E-state index in [1.54, 1.807) is 12.1 Å². The van der Waals surface area contributed by atoms with Gasteiger partial charge in [-0.3, -0.25) is 0 Å². The van der Waals surface area contributed by atoms with Crippen molar-refractivity contribution in [2.75, 3.05) is 46.4 Å². The van der Waals surface area contributed by atoms with Crippen LogP contribution in [0.15, 0.2) is 18.2 Å². The fourth-order valence-electron chi connectivity index (χ4n) is 5.29. The number of piperidine rings is 2. The Morgan fingerprint density at radius 3 is 2.86 bits per heavy atom. The summed E-state index contributed by atoms with van der Waals surface area (Å²) in [4.78, 5) is 26.5. The molecule has 1 aromatic carbocycles. The van der Waals surface area contributed by atoms with Gasteiger partial charge in [0.1, 0.15) is 5.82 Å². The molecular formula is C26H40ClFN4O4. The van der Waals surface area contributed by atoms with Crippen LogP contribution in [0, 0.1) is 23.6 Å². The topological polar surface area (TPSA) is 91.9 Å². The van der Waals surface area contributed by atoms with E-state index in [1.165, 1.54) is 13.2 Å². The molecule has 0 aromatic heterocycles. The van der Waals surface area contributed by atoms with Gasteiger partial charge in [0.15, 0.2) is 0 Å². The summed E-state index contributed by atoms with van der Waals surface area (Å²) in [7, 11) is 1.29. The number of amides is 3. The van der Waals surface area contributed by atoms with Crippen molar-refractivity contribution in [3.8, 4) is 0 Å². The number of hydrogen-bond donors (Lipinski definition) is 3. The molecule has 3 amide bonds. The van der Waals surface area contributed by atoms with Crippen molar-refractivity contribution in [3.05, 3.63) is 34.6 Å². The molecule has 4 atom stereocenters. The third-order valence-electron chi connectivity index (χ3n) is 7.02. The standard InChI is InChI=1S/C26H40ClFN4O4/c1-17(2)14-18-9-10-29-15-22(18)31-25(33)32-12-5-6-19(16-32)24(36-13-11-30-26(34)35-3)20-7-4-8-21(27)23(20)28/h4,7-8,17-19,22,24,29H,5-6,9-16H2,1-3H3,(H,30,34)(H,31,33)/t18-,19+,22+,24?/m0/s1. The summed E-state index contributed by atoms with van der Waals surface area (Å²) in [5, 5.41) is 9.26. The van der Waals surface area contributed by atoms with Crippen molar-refractivity contribution in [1.82, 2.24) is 20.9 Å². The van der Waals surface area contributed by atoms with Crippen LogP contribution < -0.4 is 16.0 Å². The lowest BCUT2D eigenvalue weighted by atomic mass is 9.85. The van der Waals surface area contributed by atoms with Gasteiger partial charge in [0, 0.05) is 43.7 Å². The summed E-state index contributed by atoms with van der Waals surface area (Å²) < 4.78 is 25.7. The highest BCUT2D eigenvalue weighted by Gasteiger charge is 2.34. The molecule has 2 fully saturated rings. The smallest absolute Gasteiger partial charge is 0.406 e. The van der Waals surface area contributed by atoms with E-state index in [-0.39, 0.29) is 36.2 Å². The lowest BCUT2D eigenvalue weighted by Gasteiger charge is -2.39. The fraction of sp³-hybridized carbons (Fsp3) is 0.692. The van der Waals surface area contributed by atoms with Gasteiger partial charge in [-0.15, -0.1) is 0 Å². The van der Waals surface area contributed by atoms with E-state index in [0.717, 1.165) is 38.8 Å². The van der Waals surface area contributed by atoms with Crippen molar-refractivity contribution in [2.24, 2.45) is 17.8 Å². The molecule has 0 aliphatic carbocycles. The summed E-state index contributed by atoms with van der Waals surface area (Å²) in [6, 6.07) is 4.88. The fourth-order valence-corrected chi connectivity index (χ4v) is 5.47. The Labute approximate surface area is 218 Å². The minimum absolute atomic E-state index is 0.0280. The number of hydrogen-bond acceptors (Lipinski definition) is 5. The van der Waals surface area contributed by atoms with Crippen LogP contribution in [0.2, 0.25) is 5.02 Å². The van der Waals surface area contributed by atoms with Crippen LogP contribution in [0.5, 0.6) is 0 Å². The van der Waals surface area contributed by atoms with Gasteiger partial charge in [-0.05, 0) is 50.1 Å². The molecule has 3 rings (SSSR count). The maximum Gasteiger partial charge on any atom is 0.406 e. The summed E-state index contributed by atoms with van der Waals surface area (Å²) in [5.41, 5.74) is 0.362. The Morgan fingerprint density at radius 1 is 1.31 bits per heavy atom. The maximum atomic E-state index is 15.0. The van der Waals surface area contributed by atoms with Crippen LogP contribution in [0.25, 0.3) is 0 Å². The van der Waals surface area contributed by atoms with Gasteiger partial charge in [0.05, 0.1) is 24.8 Å². The second-order valence-electron chi connectivity index (χ2n) is 10.1. The molecule has 1 aromatic rings. The van der Waals surface area contributed by atoms with Crippen LogP contribution in [0.3, 0.4) is 0 Å². The molecule has 3 N–H and O–H groups in total. The summed E-state index contributed by atoms with van der Waals surface area (Å²) in [5.74, 6) is 0.392. The molecule has 2 heterocycles. The predicted molar refractivity (Wildman–Crippen MR) is 138 cm³/mol. The summed E-state index contributed by atoms with van der Waals surface area (Å²) in [6.45, 7) is 7.65. The zero-order valence-electron chi connectivity index (χ0n) is 21.5. The first-order valence-electron chi connectivity index (χ1n) is 12.9. The Morgan fingerprint density at radius 2 is 2.11 bits per heavy atom. The molecule has 36 heavy (non-hydrogen) atoms. The van der Waals surface area contributed by atoms with E-state index >= 15 is 4.39 Å². The third-order valence-corrected chi connectivity index (χ3v) is 7.32. The molecule has 10 heteroatoms. The number of alkyl carbamates (subject to hydrolysis) is 1. The van der Waals surface area contributed by atoms with Crippen molar-refractivity contribution in [2.45, 2.75) is 51.7 Å². The second kappa shape index (κ2) is 14.0. The number of nitrogens with zero attached hydrogens (tertiary/aromatic N) is 1. The van der Waals surface area contributed by atoms with E-state index in [1.807, 2.05) is 4.90 Å². The average molecular weight is 527 g/mol. The van der Waals surface area contributed by atoms with E-state index < -0.39 is 18.0 Å². The number of carbonyl (C=O) groups excluding carboxylic acids is 2. The Balaban J connectivity index is 1.68. The highest BCUT2D eigenvalue weighted by atomic mass is 35.5. The third kappa shape index (κ3) is 7.95. The number of methoxy groups -OCH3 is 1. The van der Waals surface area contributed by atoms with E-state index in [2.05, 4.69) is 34.5 Å². The van der Waals surface area contributed by atoms with Crippen LogP contribution in [-0.4, -0.2) is 69.5 Å². The van der Waals surface area contributed by atoms with Gasteiger partial charge in [-0.25, -0.2) is 14.0 Å². The van der Waals surface area contributed by atoms with Crippen LogP contribution in [0.4, 0.5) is 14.0 Å². The second-order valence-corrected chi connectivity index (χ2v) is 10.5. The lowest BCUT2D eigenvalue weighted by Crippen LogP contribution is -2.56. The summed E-state index contributed by atoms with van der Waals surface area (Å²) >= 11 is 6.07. The first-order chi connectivity index (χ1) is 17.3. The van der Waals surface area contributed by atoms with Crippen molar-refractivity contribution in [3.63, 3.8) is 0 Å². The minimum Gasteiger partial charge on any atom is -0.453 e. The molecule has 2 saturated heterocycles. The number of halogens is 2. The van der Waals surface area contributed by atoms with Gasteiger partial charge in [-0.1, -0.05) is 37.6 Å². The first kappa shape index (κ1) is 28.5. The lowest BCUT2D eigenvalue weighted by molar-refractivity contribution is -0.0107. The number of urea groups is 1. The normalized spacial score (nSPS) is 23.3. The van der Waals surface area contributed by atoms with Gasteiger partial charge < -0.3 is 30.3 Å². The van der Waals surface area contributed by atoms with Gasteiger partial charge in [0.2, 0.25) is 0 Å². The quantitative estimate of drug-likeness (QED) is 0.416. The molecule has 0 saturated carbocycles. The number of likely N-dealkylation sites (tertiary alicyclic amines) is 1. The largest absolute Gasteiger partial charge is 0.453 e. The number of benzene rings is 1. The van der Waals surface area contributed by atoms with E-state index in [0.29, 0.717) is 30.5 Å². The maximum absolute atomic E-state index is 15.0. The van der Waals surface area contributed by atoms with E-state index in [4.69, 9.17) is 16.3 Å². The van der Waals surface area contributed by atoms with Gasteiger partial charge >= 0.3 is 12.1 Å². The Kier molecular flexibility index (Phi) is 11.1. The number of rotatable bonds is 9. The molecule has 2 aliphatic heterocycles. The van der Waals surface area contributed by atoms with Gasteiger partial charge in [-0.2, -0.15) is 0 Å². The molecule has 8 nitrogen and oxygen atoms in total. The van der Waals surface area contributed by atoms with Crippen LogP contribution in [-0.2, 0) is 9.47 Å². The van der Waals surface area contributed by atoms with Crippen molar-refractivity contribution < 1.29 is 23.5 Å². The zero-order chi connectivity index (χ0) is 26.1. The summed E-state index contributed by atoms with van der Waals surface area (Å²) in [6.07, 6.45) is 2.54. The van der Waals surface area contributed by atoms with Crippen molar-refractivity contribution in [1.29, 1.82) is 0 Å². The Hall–Kier alpha value is -2.10. The monoisotopic (exact) mass is 526 g/mol. The predicted octanol–water partition coefficient (Wildman–Crippen LogP) is 4.34. The average Bonchev–Trinajstić information content (AvgIpc) is 2.87. The molecule has 202 valence electrons.